The van der Waals surface area contributed by atoms with E-state index < -0.39 is 0 Å². The molecule has 1 aliphatic carbocycles. The summed E-state index contributed by atoms with van der Waals surface area (Å²) >= 11 is 2.01. The van der Waals surface area contributed by atoms with E-state index in [0.29, 0.717) is 59.4 Å². The Morgan fingerprint density at radius 3 is 1.86 bits per heavy atom. The van der Waals surface area contributed by atoms with Crippen molar-refractivity contribution in [2.24, 2.45) is 5.92 Å². The fourth-order valence-electron chi connectivity index (χ4n) is 3.65. The molecule has 0 aromatic rings. The predicted octanol–water partition coefficient (Wildman–Crippen LogP) is 2.96. The van der Waals surface area contributed by atoms with Gasteiger partial charge >= 0.3 is 6.09 Å². The van der Waals surface area contributed by atoms with Crippen LogP contribution in [-0.2, 0) is 33.3 Å². The predicted molar refractivity (Wildman–Crippen MR) is 144 cm³/mol. The number of amides is 2. The van der Waals surface area contributed by atoms with Crippen molar-refractivity contribution in [1.82, 2.24) is 10.6 Å². The van der Waals surface area contributed by atoms with Gasteiger partial charge in [0.1, 0.15) is 12.4 Å². The smallest absolute Gasteiger partial charge is 0.407 e. The lowest BCUT2D eigenvalue weighted by atomic mass is 9.95. The minimum absolute atomic E-state index is 0.0373. The topological polar surface area (TPSA) is 121 Å². The molecule has 0 bridgehead atoms. The fourth-order valence-corrected chi connectivity index (χ4v) is 4.73. The maximum absolute atomic E-state index is 11.9. The molecule has 216 valence electrons. The van der Waals surface area contributed by atoms with Gasteiger partial charge in [-0.15, -0.1) is 0 Å². The highest BCUT2D eigenvalue weighted by Gasteiger charge is 2.22. The summed E-state index contributed by atoms with van der Waals surface area (Å²) in [7, 11) is 0. The second-order valence-corrected chi connectivity index (χ2v) is 10.7. The first-order valence-corrected chi connectivity index (χ1v) is 14.6. The number of Topliss-reactive ketones (excluding diaryl/α,β-unsaturated/α-hetero) is 1. The summed E-state index contributed by atoms with van der Waals surface area (Å²) in [6, 6.07) is 0.218. The van der Waals surface area contributed by atoms with Gasteiger partial charge in [0.15, 0.2) is 0 Å². The Kier molecular flexibility index (Phi) is 20.5. The van der Waals surface area contributed by atoms with Crippen LogP contribution in [0.15, 0.2) is 0 Å². The van der Waals surface area contributed by atoms with Gasteiger partial charge in [-0.2, -0.15) is 11.8 Å². The van der Waals surface area contributed by atoms with Crippen molar-refractivity contribution in [2.75, 3.05) is 71.8 Å². The maximum Gasteiger partial charge on any atom is 0.407 e. The van der Waals surface area contributed by atoms with Crippen LogP contribution in [-0.4, -0.2) is 101 Å². The summed E-state index contributed by atoms with van der Waals surface area (Å²) in [6.45, 7) is 9.83. The van der Waals surface area contributed by atoms with Gasteiger partial charge in [-0.1, -0.05) is 20.8 Å². The van der Waals surface area contributed by atoms with Crippen LogP contribution in [0.4, 0.5) is 4.79 Å². The first kappa shape index (κ1) is 33.6. The van der Waals surface area contributed by atoms with Crippen molar-refractivity contribution < 1.29 is 38.1 Å². The summed E-state index contributed by atoms with van der Waals surface area (Å²) in [5, 5.41) is 6.41. The monoisotopic (exact) mass is 548 g/mol. The van der Waals surface area contributed by atoms with Gasteiger partial charge in [0.25, 0.3) is 0 Å². The van der Waals surface area contributed by atoms with Gasteiger partial charge in [0.2, 0.25) is 5.91 Å². The number of ether oxygens (including phenoxy) is 5. The molecule has 0 aromatic carbocycles. The standard InChI is InChI=1S/C26H48N2O8S/c1-4-37-23-7-5-22(6-8-23)28-26(31)36-20-19-35-18-17-34-16-15-33-14-13-32-12-11-27-25(30)10-9-24(29)21(2)3/h21-23H,4-20H2,1-3H3,(H,27,30)(H,28,31). The number of nitrogens with one attached hydrogen (secondary N) is 2. The van der Waals surface area contributed by atoms with Crippen LogP contribution in [0.1, 0.15) is 59.3 Å². The Hall–Kier alpha value is -1.40. The van der Waals surface area contributed by atoms with Gasteiger partial charge in [0.05, 0.1) is 52.9 Å². The van der Waals surface area contributed by atoms with E-state index in [0.717, 1.165) is 36.7 Å². The molecule has 1 fully saturated rings. The van der Waals surface area contributed by atoms with Crippen LogP contribution in [0.5, 0.6) is 0 Å². The highest BCUT2D eigenvalue weighted by molar-refractivity contribution is 7.99. The summed E-state index contributed by atoms with van der Waals surface area (Å²) < 4.78 is 26.8. The zero-order chi connectivity index (χ0) is 27.1. The van der Waals surface area contributed by atoms with Crippen molar-refractivity contribution in [1.29, 1.82) is 0 Å². The van der Waals surface area contributed by atoms with Crippen molar-refractivity contribution in [3.05, 3.63) is 0 Å². The quantitative estimate of drug-likeness (QED) is 0.197. The van der Waals surface area contributed by atoms with Crippen LogP contribution in [0.2, 0.25) is 0 Å². The highest BCUT2D eigenvalue weighted by atomic mass is 32.2. The van der Waals surface area contributed by atoms with Crippen molar-refractivity contribution in [2.45, 2.75) is 70.6 Å². The minimum Gasteiger partial charge on any atom is -0.447 e. The summed E-state index contributed by atoms with van der Waals surface area (Å²) in [5.74, 6) is 1.07. The number of ketones is 1. The molecule has 0 unspecified atom stereocenters. The van der Waals surface area contributed by atoms with Crippen LogP contribution < -0.4 is 10.6 Å². The molecule has 0 spiro atoms. The van der Waals surface area contributed by atoms with E-state index in [1.165, 1.54) is 0 Å². The van der Waals surface area contributed by atoms with Gasteiger partial charge in [-0.25, -0.2) is 4.79 Å². The second kappa shape index (κ2) is 22.6. The SMILES string of the molecule is CCSC1CCC(NC(=O)OCCOCCOCCOCCOCCNC(=O)CCC(=O)C(C)C)CC1. The first-order chi connectivity index (χ1) is 17.9. The molecule has 1 aliphatic rings. The molecule has 1 saturated carbocycles. The number of carbonyl (C=O) groups excluding carboxylic acids is 3. The molecule has 0 atom stereocenters. The number of carbonyl (C=O) groups is 3. The maximum atomic E-state index is 11.9. The van der Waals surface area contributed by atoms with Crippen LogP contribution in [0.3, 0.4) is 0 Å². The molecule has 0 aromatic heterocycles. The molecule has 11 heteroatoms. The van der Waals surface area contributed by atoms with E-state index in [9.17, 15) is 14.4 Å². The first-order valence-electron chi connectivity index (χ1n) is 13.6. The number of rotatable bonds is 22. The highest BCUT2D eigenvalue weighted by Crippen LogP contribution is 2.28. The van der Waals surface area contributed by atoms with Crippen LogP contribution in [0.25, 0.3) is 0 Å². The lowest BCUT2D eigenvalue weighted by Crippen LogP contribution is -2.38. The number of thioether (sulfide) groups is 1. The zero-order valence-corrected chi connectivity index (χ0v) is 23.7. The Morgan fingerprint density at radius 1 is 0.784 bits per heavy atom. The molecular weight excluding hydrogens is 500 g/mol. The third-order valence-corrected chi connectivity index (χ3v) is 7.06. The second-order valence-electron chi connectivity index (χ2n) is 9.13. The van der Waals surface area contributed by atoms with E-state index in [1.807, 2.05) is 25.6 Å². The van der Waals surface area contributed by atoms with Crippen molar-refractivity contribution in [3.63, 3.8) is 0 Å². The molecule has 0 aliphatic heterocycles. The Morgan fingerprint density at radius 2 is 1.32 bits per heavy atom. The Labute approximate surface area is 226 Å². The van der Waals surface area contributed by atoms with E-state index >= 15 is 0 Å². The Balaban J connectivity index is 1.78. The van der Waals surface area contributed by atoms with E-state index in [2.05, 4.69) is 17.6 Å². The normalized spacial score (nSPS) is 17.5. The molecule has 37 heavy (non-hydrogen) atoms. The largest absolute Gasteiger partial charge is 0.447 e. The third-order valence-electron chi connectivity index (χ3n) is 5.79. The van der Waals surface area contributed by atoms with E-state index in [-0.39, 0.29) is 49.2 Å². The molecule has 1 rings (SSSR count). The summed E-state index contributed by atoms with van der Waals surface area (Å²) in [6.07, 6.45) is 4.45. The average molecular weight is 549 g/mol. The van der Waals surface area contributed by atoms with Gasteiger partial charge in [-0.05, 0) is 31.4 Å². The lowest BCUT2D eigenvalue weighted by Gasteiger charge is -2.28. The summed E-state index contributed by atoms with van der Waals surface area (Å²) in [4.78, 5) is 35.0. The molecule has 10 nitrogen and oxygen atoms in total. The number of hydrogen-bond acceptors (Lipinski definition) is 9. The van der Waals surface area contributed by atoms with Gasteiger partial charge in [0, 0.05) is 36.6 Å². The van der Waals surface area contributed by atoms with Crippen molar-refractivity contribution in [3.8, 4) is 0 Å². The van der Waals surface area contributed by atoms with Gasteiger partial charge < -0.3 is 34.3 Å². The molecule has 0 saturated heterocycles. The van der Waals surface area contributed by atoms with Crippen LogP contribution in [0, 0.1) is 5.92 Å². The van der Waals surface area contributed by atoms with Crippen molar-refractivity contribution >= 4 is 29.5 Å². The average Bonchev–Trinajstić information content (AvgIpc) is 2.88. The van der Waals surface area contributed by atoms with E-state index in [1.54, 1.807) is 0 Å². The molecular formula is C26H48N2O8S. The number of hydrogen-bond donors (Lipinski definition) is 2. The number of alkyl carbamates (subject to hydrolysis) is 1. The molecule has 0 heterocycles. The lowest BCUT2D eigenvalue weighted by molar-refractivity contribution is -0.126. The van der Waals surface area contributed by atoms with Crippen LogP contribution >= 0.6 is 11.8 Å². The van der Waals surface area contributed by atoms with E-state index in [4.69, 9.17) is 23.7 Å². The molecule has 2 amide bonds. The molecule has 2 N–H and O–H groups in total. The third kappa shape index (κ3) is 19.3. The fraction of sp³-hybridized carbons (Fsp3) is 0.885. The zero-order valence-electron chi connectivity index (χ0n) is 22.9. The Bertz CT molecular complexity index is 615. The molecule has 0 radical (unpaired) electrons. The summed E-state index contributed by atoms with van der Waals surface area (Å²) in [5.41, 5.74) is 0. The van der Waals surface area contributed by atoms with Gasteiger partial charge in [-0.3, -0.25) is 9.59 Å². The minimum atomic E-state index is -0.368.